The summed E-state index contributed by atoms with van der Waals surface area (Å²) < 4.78 is 39.8. The Morgan fingerprint density at radius 3 is 2.18 bits per heavy atom. The molecule has 0 aliphatic heterocycles. The third kappa shape index (κ3) is 6.80. The Balaban J connectivity index is 3.91. The molecule has 1 N–H and O–H groups in total. The lowest BCUT2D eigenvalue weighted by atomic mass is 9.96. The van der Waals surface area contributed by atoms with E-state index in [0.717, 1.165) is 0 Å². The second-order valence-corrected chi connectivity index (χ2v) is 3.80. The second kappa shape index (κ2) is 6.46. The molecule has 100 valence electrons. The highest BCUT2D eigenvalue weighted by Gasteiger charge is 2.28. The highest BCUT2D eigenvalue weighted by Crippen LogP contribution is 2.21. The van der Waals surface area contributed by atoms with Gasteiger partial charge in [-0.2, -0.15) is 13.2 Å². The van der Waals surface area contributed by atoms with E-state index in [0.29, 0.717) is 0 Å². The zero-order chi connectivity index (χ0) is 13.6. The molecule has 0 spiro atoms. The summed E-state index contributed by atoms with van der Waals surface area (Å²) in [7, 11) is 0. The Hall–Kier alpha value is -1.27. The van der Waals surface area contributed by atoms with E-state index in [1.165, 1.54) is 13.8 Å². The molecule has 0 saturated heterocycles. The molecule has 0 amide bonds. The van der Waals surface area contributed by atoms with Gasteiger partial charge in [0.25, 0.3) is 0 Å². The van der Waals surface area contributed by atoms with Crippen LogP contribution in [0.1, 0.15) is 26.7 Å². The molecule has 0 aromatic rings. The van der Waals surface area contributed by atoms with Gasteiger partial charge in [0.15, 0.2) is 0 Å². The highest BCUT2D eigenvalue weighted by atomic mass is 19.4. The minimum atomic E-state index is -4.27. The standard InChI is InChI=1S/C10H15F3O4/c1-6(8(14)15)7(2)9(16)17-5-3-4-10(11,12)13/h6-7H,3-5H2,1-2H3,(H,14,15). The Labute approximate surface area is 96.8 Å². The van der Waals surface area contributed by atoms with Gasteiger partial charge in [0.2, 0.25) is 0 Å². The normalized spacial score (nSPS) is 15.1. The van der Waals surface area contributed by atoms with Crippen LogP contribution in [0.25, 0.3) is 0 Å². The van der Waals surface area contributed by atoms with Gasteiger partial charge in [0.1, 0.15) is 0 Å². The maximum atomic E-state index is 11.8. The van der Waals surface area contributed by atoms with Gasteiger partial charge in [-0.1, -0.05) is 13.8 Å². The molecule has 7 heteroatoms. The number of aliphatic carboxylic acids is 1. The van der Waals surface area contributed by atoms with E-state index in [-0.39, 0.29) is 13.0 Å². The largest absolute Gasteiger partial charge is 0.481 e. The zero-order valence-electron chi connectivity index (χ0n) is 9.58. The fourth-order valence-corrected chi connectivity index (χ4v) is 0.995. The molecule has 2 atom stereocenters. The number of carboxylic acid groups (broad SMARTS) is 1. The Kier molecular flexibility index (Phi) is 5.98. The molecular formula is C10H15F3O4. The maximum Gasteiger partial charge on any atom is 0.389 e. The molecule has 0 aliphatic carbocycles. The van der Waals surface area contributed by atoms with Crippen molar-refractivity contribution in [3.8, 4) is 0 Å². The van der Waals surface area contributed by atoms with Crippen molar-refractivity contribution in [2.45, 2.75) is 32.9 Å². The molecule has 4 nitrogen and oxygen atoms in total. The van der Waals surface area contributed by atoms with Crippen molar-refractivity contribution in [2.24, 2.45) is 11.8 Å². The summed E-state index contributed by atoms with van der Waals surface area (Å²) in [5.74, 6) is -3.74. The number of alkyl halides is 3. The Bertz CT molecular complexity index is 275. The number of hydrogen-bond acceptors (Lipinski definition) is 3. The molecule has 0 aliphatic rings. The summed E-state index contributed by atoms with van der Waals surface area (Å²) in [4.78, 5) is 21.8. The van der Waals surface area contributed by atoms with Gasteiger partial charge < -0.3 is 9.84 Å². The van der Waals surface area contributed by atoms with Crippen LogP contribution in [0.3, 0.4) is 0 Å². The second-order valence-electron chi connectivity index (χ2n) is 3.80. The lowest BCUT2D eigenvalue weighted by molar-refractivity contribution is -0.159. The first kappa shape index (κ1) is 15.7. The van der Waals surface area contributed by atoms with Gasteiger partial charge in [-0.15, -0.1) is 0 Å². The molecule has 0 aromatic heterocycles. The Morgan fingerprint density at radius 1 is 1.24 bits per heavy atom. The number of carboxylic acids is 1. The van der Waals surface area contributed by atoms with Crippen LogP contribution in [0.4, 0.5) is 13.2 Å². The van der Waals surface area contributed by atoms with Crippen molar-refractivity contribution in [1.29, 1.82) is 0 Å². The van der Waals surface area contributed by atoms with Crippen molar-refractivity contribution in [3.63, 3.8) is 0 Å². The van der Waals surface area contributed by atoms with Gasteiger partial charge in [-0.05, 0) is 6.42 Å². The smallest absolute Gasteiger partial charge is 0.389 e. The molecule has 0 aromatic carbocycles. The van der Waals surface area contributed by atoms with Gasteiger partial charge in [0, 0.05) is 6.42 Å². The summed E-state index contributed by atoms with van der Waals surface area (Å²) in [5, 5.41) is 8.62. The summed E-state index contributed by atoms with van der Waals surface area (Å²) in [5.41, 5.74) is 0. The lowest BCUT2D eigenvalue weighted by Gasteiger charge is -2.15. The van der Waals surface area contributed by atoms with Gasteiger partial charge in [0.05, 0.1) is 18.4 Å². The molecule has 0 radical (unpaired) electrons. The topological polar surface area (TPSA) is 63.6 Å². The van der Waals surface area contributed by atoms with Crippen LogP contribution in [0.2, 0.25) is 0 Å². The first-order chi connectivity index (χ1) is 7.65. The number of carbonyl (C=O) groups excluding carboxylic acids is 1. The third-order valence-electron chi connectivity index (χ3n) is 2.36. The number of rotatable bonds is 6. The van der Waals surface area contributed by atoms with E-state index in [9.17, 15) is 22.8 Å². The minimum Gasteiger partial charge on any atom is -0.481 e. The summed E-state index contributed by atoms with van der Waals surface area (Å²) in [6, 6.07) is 0. The summed E-state index contributed by atoms with van der Waals surface area (Å²) in [6.07, 6.45) is -5.61. The number of ether oxygens (including phenoxy) is 1. The molecule has 17 heavy (non-hydrogen) atoms. The van der Waals surface area contributed by atoms with E-state index < -0.39 is 36.4 Å². The monoisotopic (exact) mass is 256 g/mol. The third-order valence-corrected chi connectivity index (χ3v) is 2.36. The molecule has 0 heterocycles. The van der Waals surface area contributed by atoms with Crippen LogP contribution in [-0.2, 0) is 14.3 Å². The average Bonchev–Trinajstić information content (AvgIpc) is 2.20. The molecule has 0 bridgehead atoms. The predicted molar refractivity (Wildman–Crippen MR) is 52.2 cm³/mol. The van der Waals surface area contributed by atoms with Crippen LogP contribution < -0.4 is 0 Å². The molecule has 0 rings (SSSR count). The highest BCUT2D eigenvalue weighted by molar-refractivity contribution is 5.80. The van der Waals surface area contributed by atoms with E-state index >= 15 is 0 Å². The summed E-state index contributed by atoms with van der Waals surface area (Å²) in [6.45, 7) is 2.35. The molecule has 0 fully saturated rings. The zero-order valence-corrected chi connectivity index (χ0v) is 9.58. The molecule has 2 unspecified atom stereocenters. The van der Waals surface area contributed by atoms with Crippen LogP contribution in [0.15, 0.2) is 0 Å². The van der Waals surface area contributed by atoms with Crippen molar-refractivity contribution in [2.75, 3.05) is 6.61 Å². The first-order valence-corrected chi connectivity index (χ1v) is 5.11. The molecular weight excluding hydrogens is 241 g/mol. The predicted octanol–water partition coefficient (Wildman–Crippen LogP) is 2.23. The van der Waals surface area contributed by atoms with Crippen molar-refractivity contribution < 1.29 is 32.6 Å². The van der Waals surface area contributed by atoms with Crippen LogP contribution in [0.5, 0.6) is 0 Å². The lowest BCUT2D eigenvalue weighted by Crippen LogP contribution is -2.27. The SMILES string of the molecule is CC(C(=O)O)C(C)C(=O)OCCCC(F)(F)F. The quantitative estimate of drug-likeness (QED) is 0.584. The van der Waals surface area contributed by atoms with E-state index in [1.807, 2.05) is 0 Å². The number of hydrogen-bond donors (Lipinski definition) is 1. The fraction of sp³-hybridized carbons (Fsp3) is 0.800. The van der Waals surface area contributed by atoms with Gasteiger partial charge in [-0.25, -0.2) is 0 Å². The fourth-order valence-electron chi connectivity index (χ4n) is 0.995. The van der Waals surface area contributed by atoms with E-state index in [4.69, 9.17) is 5.11 Å². The maximum absolute atomic E-state index is 11.8. The minimum absolute atomic E-state index is 0.316. The van der Waals surface area contributed by atoms with Crippen LogP contribution in [0, 0.1) is 11.8 Å². The summed E-state index contributed by atoms with van der Waals surface area (Å²) >= 11 is 0. The van der Waals surface area contributed by atoms with Crippen LogP contribution >= 0.6 is 0 Å². The number of esters is 1. The number of halogens is 3. The average molecular weight is 256 g/mol. The van der Waals surface area contributed by atoms with Crippen molar-refractivity contribution in [3.05, 3.63) is 0 Å². The van der Waals surface area contributed by atoms with Gasteiger partial charge in [-0.3, -0.25) is 9.59 Å². The van der Waals surface area contributed by atoms with Crippen molar-refractivity contribution >= 4 is 11.9 Å². The number of carbonyl (C=O) groups is 2. The van der Waals surface area contributed by atoms with E-state index in [2.05, 4.69) is 4.74 Å². The van der Waals surface area contributed by atoms with E-state index in [1.54, 1.807) is 0 Å². The first-order valence-electron chi connectivity index (χ1n) is 5.11. The van der Waals surface area contributed by atoms with Crippen LogP contribution in [-0.4, -0.2) is 29.8 Å². The molecule has 0 saturated carbocycles. The van der Waals surface area contributed by atoms with Gasteiger partial charge >= 0.3 is 18.1 Å². The Morgan fingerprint density at radius 2 is 1.76 bits per heavy atom. The van der Waals surface area contributed by atoms with Crippen molar-refractivity contribution in [1.82, 2.24) is 0 Å².